The normalized spacial score (nSPS) is 13.0. The van der Waals surface area contributed by atoms with Crippen molar-refractivity contribution < 1.29 is 24.3 Å². The van der Waals surface area contributed by atoms with Gasteiger partial charge in [-0.3, -0.25) is 19.4 Å². The number of carbonyl (C=O) groups excluding carboxylic acids is 3. The van der Waals surface area contributed by atoms with E-state index in [1.165, 1.54) is 11.3 Å². The lowest BCUT2D eigenvalue weighted by atomic mass is 10.00. The second kappa shape index (κ2) is 13.8. The van der Waals surface area contributed by atoms with Gasteiger partial charge in [0.2, 0.25) is 0 Å². The number of fused-ring (bicyclic) bond motifs is 1. The predicted molar refractivity (Wildman–Crippen MR) is 160 cm³/mol. The highest BCUT2D eigenvalue weighted by Crippen LogP contribution is 2.31. The van der Waals surface area contributed by atoms with Crippen molar-refractivity contribution in [3.05, 3.63) is 90.1 Å². The Balaban J connectivity index is 1.41. The van der Waals surface area contributed by atoms with Crippen LogP contribution in [0.2, 0.25) is 10.0 Å². The van der Waals surface area contributed by atoms with Crippen molar-refractivity contribution in [1.82, 2.24) is 16.0 Å². The quantitative estimate of drug-likeness (QED) is 0.270. The number of thiophene rings is 1. The minimum atomic E-state index is -1.42. The predicted octanol–water partition coefficient (Wildman–Crippen LogP) is 4.31. The molecule has 12 heteroatoms. The second-order valence-corrected chi connectivity index (χ2v) is 11.2. The number of aliphatic imine (C=N–C) groups is 1. The monoisotopic (exact) mass is 614 g/mol. The van der Waals surface area contributed by atoms with Crippen molar-refractivity contribution in [3.63, 3.8) is 0 Å². The number of amides is 3. The highest BCUT2D eigenvalue weighted by atomic mass is 35.5. The van der Waals surface area contributed by atoms with Crippen molar-refractivity contribution in [2.45, 2.75) is 32.2 Å². The molecule has 0 radical (unpaired) electrons. The number of carbonyl (C=O) groups is 4. The molecule has 0 saturated heterocycles. The number of nitrogens with zero attached hydrogens (tertiary/aromatic N) is 1. The first-order valence-corrected chi connectivity index (χ1v) is 14.5. The summed E-state index contributed by atoms with van der Waals surface area (Å²) in [4.78, 5) is 54.7. The Morgan fingerprint density at radius 3 is 2.61 bits per heavy atom. The van der Waals surface area contributed by atoms with Crippen molar-refractivity contribution >= 4 is 64.4 Å². The zero-order valence-corrected chi connectivity index (χ0v) is 24.5. The number of nitrogens with one attached hydrogen (secondary N) is 3. The van der Waals surface area contributed by atoms with E-state index in [1.807, 2.05) is 18.3 Å². The van der Waals surface area contributed by atoms with E-state index in [4.69, 9.17) is 23.2 Å². The van der Waals surface area contributed by atoms with Crippen molar-refractivity contribution in [2.75, 3.05) is 19.6 Å². The summed E-state index contributed by atoms with van der Waals surface area (Å²) in [6.45, 7) is 2.45. The Kier molecular flexibility index (Phi) is 10.1. The lowest BCUT2D eigenvalue weighted by Gasteiger charge is -2.18. The first-order chi connectivity index (χ1) is 19.7. The minimum Gasteiger partial charge on any atom is -0.480 e. The Morgan fingerprint density at radius 2 is 1.88 bits per heavy atom. The number of aliphatic carboxylic acids is 1. The third-order valence-electron chi connectivity index (χ3n) is 6.61. The molecule has 4 rings (SSSR count). The summed E-state index contributed by atoms with van der Waals surface area (Å²) in [7, 11) is 0. The Hall–Kier alpha value is -3.73. The van der Waals surface area contributed by atoms with E-state index in [0.717, 1.165) is 30.5 Å². The largest absolute Gasteiger partial charge is 0.480 e. The van der Waals surface area contributed by atoms with E-state index in [2.05, 4.69) is 20.9 Å². The molecular weight excluding hydrogens is 587 g/mol. The maximum absolute atomic E-state index is 13.1. The van der Waals surface area contributed by atoms with E-state index in [0.29, 0.717) is 28.0 Å². The van der Waals surface area contributed by atoms with Crippen LogP contribution in [-0.4, -0.2) is 60.7 Å². The Bertz CT molecular complexity index is 1510. The van der Waals surface area contributed by atoms with Gasteiger partial charge >= 0.3 is 5.97 Å². The molecule has 3 aromatic rings. The van der Waals surface area contributed by atoms with Gasteiger partial charge in [-0.2, -0.15) is 0 Å². The summed E-state index contributed by atoms with van der Waals surface area (Å²) in [5.41, 5.74) is 3.87. The van der Waals surface area contributed by atoms with Gasteiger partial charge in [0.25, 0.3) is 17.7 Å². The zero-order valence-electron chi connectivity index (χ0n) is 22.1. The van der Waals surface area contributed by atoms with Crippen LogP contribution in [0.15, 0.2) is 46.8 Å². The van der Waals surface area contributed by atoms with Crippen LogP contribution in [0.1, 0.15) is 59.1 Å². The fourth-order valence-corrected chi connectivity index (χ4v) is 5.89. The summed E-state index contributed by atoms with van der Waals surface area (Å²) in [5, 5.41) is 19.2. The lowest BCUT2D eigenvalue weighted by molar-refractivity contribution is -0.139. The Labute approximate surface area is 251 Å². The molecule has 1 atom stereocenters. The fourth-order valence-electron chi connectivity index (χ4n) is 4.43. The molecule has 2 heterocycles. The van der Waals surface area contributed by atoms with E-state index < -0.39 is 23.8 Å². The third-order valence-corrected chi connectivity index (χ3v) is 8.20. The summed E-state index contributed by atoms with van der Waals surface area (Å²) in [6.07, 6.45) is 3.92. The lowest BCUT2D eigenvalue weighted by Crippen LogP contribution is -2.48. The zero-order chi connectivity index (χ0) is 29.5. The summed E-state index contributed by atoms with van der Waals surface area (Å²) in [6, 6.07) is 8.99. The molecule has 0 fully saturated rings. The van der Waals surface area contributed by atoms with Crippen LogP contribution >= 0.6 is 34.5 Å². The van der Waals surface area contributed by atoms with E-state index in [-0.39, 0.29) is 34.6 Å². The highest BCUT2D eigenvalue weighted by molar-refractivity contribution is 7.12. The number of hydrogen-bond acceptors (Lipinski definition) is 6. The van der Waals surface area contributed by atoms with E-state index in [1.54, 1.807) is 36.6 Å². The summed E-state index contributed by atoms with van der Waals surface area (Å²) in [5.74, 6) is -2.81. The van der Waals surface area contributed by atoms with Crippen LogP contribution in [0, 0.1) is 6.92 Å². The summed E-state index contributed by atoms with van der Waals surface area (Å²) < 4.78 is 0. The van der Waals surface area contributed by atoms with E-state index >= 15 is 0 Å². The van der Waals surface area contributed by atoms with Crippen LogP contribution in [0.3, 0.4) is 0 Å². The maximum atomic E-state index is 13.1. The van der Waals surface area contributed by atoms with Crippen LogP contribution in [0.4, 0.5) is 0 Å². The molecular formula is C29H28Cl2N4O5S. The van der Waals surface area contributed by atoms with Gasteiger partial charge in [0.05, 0.1) is 20.5 Å². The molecule has 0 bridgehead atoms. The van der Waals surface area contributed by atoms with Gasteiger partial charge in [0.15, 0.2) is 0 Å². The van der Waals surface area contributed by atoms with Gasteiger partial charge in [0.1, 0.15) is 6.04 Å². The second-order valence-electron chi connectivity index (χ2n) is 9.45. The van der Waals surface area contributed by atoms with Crippen LogP contribution in [0.25, 0.3) is 0 Å². The highest BCUT2D eigenvalue weighted by Gasteiger charge is 2.26. The smallest absolute Gasteiger partial charge is 0.328 e. The topological polar surface area (TPSA) is 137 Å². The van der Waals surface area contributed by atoms with Crippen molar-refractivity contribution in [1.29, 1.82) is 0 Å². The molecule has 9 nitrogen and oxygen atoms in total. The number of carboxylic acids is 1. The average Bonchev–Trinajstić information content (AvgIpc) is 3.37. The van der Waals surface area contributed by atoms with Gasteiger partial charge in [0, 0.05) is 31.4 Å². The van der Waals surface area contributed by atoms with Gasteiger partial charge in [-0.1, -0.05) is 35.3 Å². The van der Waals surface area contributed by atoms with Crippen molar-refractivity contribution in [3.8, 4) is 0 Å². The van der Waals surface area contributed by atoms with Crippen LogP contribution < -0.4 is 16.0 Å². The van der Waals surface area contributed by atoms with E-state index in [9.17, 15) is 24.3 Å². The Morgan fingerprint density at radius 1 is 1.07 bits per heavy atom. The fraction of sp³-hybridized carbons (Fsp3) is 0.276. The molecule has 3 amide bonds. The first kappa shape index (κ1) is 30.2. The number of hydrogen-bond donors (Lipinski definition) is 4. The molecule has 1 aliphatic rings. The minimum absolute atomic E-state index is 0.0538. The molecule has 1 aliphatic heterocycles. The molecule has 41 heavy (non-hydrogen) atoms. The van der Waals surface area contributed by atoms with Crippen LogP contribution in [0.5, 0.6) is 0 Å². The SMILES string of the molecule is Cc1cc(Cl)c(C(=O)N[C@@H](CNC(=O)c2cccs2)C(=O)O)c(Cl)c1CCNC(=O)c1ccc2c(c1)CCCN=C2. The maximum Gasteiger partial charge on any atom is 0.328 e. The average molecular weight is 616 g/mol. The number of carboxylic acid groups (broad SMARTS) is 1. The molecule has 0 saturated carbocycles. The number of benzene rings is 2. The third kappa shape index (κ3) is 7.52. The number of rotatable bonds is 10. The first-order valence-electron chi connectivity index (χ1n) is 12.9. The van der Waals surface area contributed by atoms with Gasteiger partial charge < -0.3 is 21.1 Å². The van der Waals surface area contributed by atoms with Crippen LogP contribution in [-0.2, 0) is 17.6 Å². The number of aryl methyl sites for hydroxylation is 2. The molecule has 4 N–H and O–H groups in total. The van der Waals surface area contributed by atoms with Gasteiger partial charge in [-0.25, -0.2) is 4.79 Å². The van der Waals surface area contributed by atoms with Crippen molar-refractivity contribution in [2.24, 2.45) is 4.99 Å². The molecule has 0 aliphatic carbocycles. The standard InChI is InChI=1S/C29H28Cl2N4O5S/c1-16-12-21(30)24(28(38)35-22(29(39)40)15-34-27(37)23-5-3-11-41-23)25(31)20(16)8-10-33-26(36)18-6-7-19-14-32-9-2-4-17(19)13-18/h3,5-7,11-14,22H,2,4,8-10,15H2,1H3,(H,33,36)(H,34,37)(H,35,38)(H,39,40)/t22-/m0/s1. The molecule has 0 unspecified atom stereocenters. The molecule has 0 spiro atoms. The number of halogens is 2. The molecule has 214 valence electrons. The molecule has 1 aromatic heterocycles. The molecule has 2 aromatic carbocycles. The van der Waals surface area contributed by atoms with Gasteiger partial charge in [-0.15, -0.1) is 11.3 Å². The van der Waals surface area contributed by atoms with Gasteiger partial charge in [-0.05, 0) is 78.1 Å². The summed E-state index contributed by atoms with van der Waals surface area (Å²) >= 11 is 14.2.